The van der Waals surface area contributed by atoms with Gasteiger partial charge in [0.05, 0.1) is 0 Å². The maximum absolute atomic E-state index is 12.0. The van der Waals surface area contributed by atoms with E-state index in [1.807, 2.05) is 13.8 Å². The number of carbonyl (C=O) groups is 1. The SMILES string of the molecule is CC(CN)C(=O)NC(c1nc(-c2ccncc2)no1)C(C)C.Cl.Cl. The minimum Gasteiger partial charge on any atom is -0.344 e. The zero-order chi connectivity index (χ0) is 16.1. The number of aromatic nitrogens is 3. The Labute approximate surface area is 153 Å². The van der Waals surface area contributed by atoms with Crippen LogP contribution in [0.25, 0.3) is 11.4 Å². The number of nitrogens with one attached hydrogen (secondary N) is 1. The van der Waals surface area contributed by atoms with E-state index in [1.165, 1.54) is 0 Å². The molecule has 0 aliphatic rings. The molecule has 2 rings (SSSR count). The van der Waals surface area contributed by atoms with Crippen molar-refractivity contribution in [1.82, 2.24) is 20.4 Å². The van der Waals surface area contributed by atoms with Crippen molar-refractivity contribution in [2.24, 2.45) is 17.6 Å². The molecule has 0 bridgehead atoms. The molecule has 0 spiro atoms. The van der Waals surface area contributed by atoms with Gasteiger partial charge in [-0.1, -0.05) is 25.9 Å². The van der Waals surface area contributed by atoms with Gasteiger partial charge in [-0.3, -0.25) is 9.78 Å². The molecule has 0 saturated heterocycles. The Kier molecular flexibility index (Phi) is 9.50. The molecule has 9 heteroatoms. The van der Waals surface area contributed by atoms with Gasteiger partial charge in [-0.25, -0.2) is 0 Å². The third-order valence-electron chi connectivity index (χ3n) is 3.41. The summed E-state index contributed by atoms with van der Waals surface area (Å²) in [5, 5.41) is 6.89. The molecule has 2 atom stereocenters. The van der Waals surface area contributed by atoms with Crippen LogP contribution in [-0.2, 0) is 4.79 Å². The van der Waals surface area contributed by atoms with E-state index in [0.717, 1.165) is 5.56 Å². The van der Waals surface area contributed by atoms with Gasteiger partial charge in [0.1, 0.15) is 6.04 Å². The maximum Gasteiger partial charge on any atom is 0.249 e. The molecule has 7 nitrogen and oxygen atoms in total. The van der Waals surface area contributed by atoms with E-state index in [2.05, 4.69) is 20.4 Å². The lowest BCUT2D eigenvalue weighted by molar-refractivity contribution is -0.125. The first-order valence-corrected chi connectivity index (χ1v) is 7.27. The number of halogens is 2. The molecule has 2 heterocycles. The van der Waals surface area contributed by atoms with Crippen molar-refractivity contribution >= 4 is 30.7 Å². The lowest BCUT2D eigenvalue weighted by Gasteiger charge is -2.20. The topological polar surface area (TPSA) is 107 Å². The molecule has 0 radical (unpaired) electrons. The first kappa shape index (κ1) is 22.3. The second-order valence-electron chi connectivity index (χ2n) is 5.56. The van der Waals surface area contributed by atoms with Crippen LogP contribution in [0.3, 0.4) is 0 Å². The van der Waals surface area contributed by atoms with Gasteiger partial charge >= 0.3 is 0 Å². The van der Waals surface area contributed by atoms with E-state index in [4.69, 9.17) is 10.3 Å². The molecule has 2 unspecified atom stereocenters. The highest BCUT2D eigenvalue weighted by Crippen LogP contribution is 2.23. The van der Waals surface area contributed by atoms with Gasteiger partial charge in [0.25, 0.3) is 0 Å². The number of carbonyl (C=O) groups excluding carboxylic acids is 1. The number of rotatable bonds is 6. The Morgan fingerprint density at radius 2 is 1.88 bits per heavy atom. The van der Waals surface area contributed by atoms with E-state index in [9.17, 15) is 4.79 Å². The number of amides is 1. The first-order valence-electron chi connectivity index (χ1n) is 7.27. The summed E-state index contributed by atoms with van der Waals surface area (Å²) in [4.78, 5) is 20.4. The van der Waals surface area contributed by atoms with E-state index in [-0.39, 0.29) is 48.6 Å². The Hall–Kier alpha value is -1.70. The Bertz CT molecular complexity index is 621. The summed E-state index contributed by atoms with van der Waals surface area (Å²) in [6.07, 6.45) is 3.33. The van der Waals surface area contributed by atoms with Crippen LogP contribution in [0, 0.1) is 11.8 Å². The van der Waals surface area contributed by atoms with Crippen LogP contribution in [0.4, 0.5) is 0 Å². The summed E-state index contributed by atoms with van der Waals surface area (Å²) >= 11 is 0. The number of pyridine rings is 1. The molecule has 2 aromatic heterocycles. The molecule has 0 fully saturated rings. The summed E-state index contributed by atoms with van der Waals surface area (Å²) in [5.41, 5.74) is 6.34. The monoisotopic (exact) mass is 375 g/mol. The molecule has 2 aromatic rings. The number of hydrogen-bond acceptors (Lipinski definition) is 6. The van der Waals surface area contributed by atoms with Crippen LogP contribution < -0.4 is 11.1 Å². The summed E-state index contributed by atoms with van der Waals surface area (Å²) in [7, 11) is 0. The van der Waals surface area contributed by atoms with Crippen molar-refractivity contribution in [2.75, 3.05) is 6.54 Å². The summed E-state index contributed by atoms with van der Waals surface area (Å²) in [6, 6.07) is 3.26. The van der Waals surface area contributed by atoms with Crippen LogP contribution in [0.15, 0.2) is 29.0 Å². The minimum absolute atomic E-state index is 0. The van der Waals surface area contributed by atoms with Gasteiger partial charge in [0.2, 0.25) is 17.6 Å². The van der Waals surface area contributed by atoms with Crippen molar-refractivity contribution in [3.05, 3.63) is 30.4 Å². The largest absolute Gasteiger partial charge is 0.344 e. The third-order valence-corrected chi connectivity index (χ3v) is 3.41. The Morgan fingerprint density at radius 1 is 1.25 bits per heavy atom. The normalized spacial score (nSPS) is 12.7. The standard InChI is InChI=1S/C15H21N5O2.2ClH/c1-9(2)12(18-14(21)10(3)8-16)15-19-13(20-22-15)11-4-6-17-7-5-11;;/h4-7,9-10,12H,8,16H2,1-3H3,(H,18,21);2*1H. The zero-order valence-corrected chi connectivity index (χ0v) is 15.4. The van der Waals surface area contributed by atoms with Gasteiger partial charge < -0.3 is 15.6 Å². The second kappa shape index (κ2) is 10.2. The summed E-state index contributed by atoms with van der Waals surface area (Å²) in [6.45, 7) is 6.04. The molecule has 0 saturated carbocycles. The van der Waals surface area contributed by atoms with Crippen LogP contribution in [-0.4, -0.2) is 27.6 Å². The minimum atomic E-state index is -0.343. The average Bonchev–Trinajstić information content (AvgIpc) is 3.01. The molecular weight excluding hydrogens is 353 g/mol. The number of hydrogen-bond donors (Lipinski definition) is 2. The summed E-state index contributed by atoms with van der Waals surface area (Å²) < 4.78 is 5.33. The van der Waals surface area contributed by atoms with E-state index >= 15 is 0 Å². The van der Waals surface area contributed by atoms with E-state index < -0.39 is 0 Å². The van der Waals surface area contributed by atoms with Crippen molar-refractivity contribution in [3.8, 4) is 11.4 Å². The lowest BCUT2D eigenvalue weighted by atomic mass is 10.0. The van der Waals surface area contributed by atoms with E-state index in [0.29, 0.717) is 18.3 Å². The first-order chi connectivity index (χ1) is 10.5. The van der Waals surface area contributed by atoms with Crippen molar-refractivity contribution in [3.63, 3.8) is 0 Å². The predicted molar refractivity (Wildman–Crippen MR) is 96.0 cm³/mol. The molecule has 0 aromatic carbocycles. The quantitative estimate of drug-likeness (QED) is 0.802. The van der Waals surface area contributed by atoms with Gasteiger partial charge in [0, 0.05) is 30.4 Å². The fourth-order valence-electron chi connectivity index (χ4n) is 1.90. The predicted octanol–water partition coefficient (Wildman–Crippen LogP) is 2.38. The molecule has 24 heavy (non-hydrogen) atoms. The highest BCUT2D eigenvalue weighted by Gasteiger charge is 2.26. The average molecular weight is 376 g/mol. The molecule has 134 valence electrons. The molecule has 0 aliphatic carbocycles. The van der Waals surface area contributed by atoms with Crippen molar-refractivity contribution in [2.45, 2.75) is 26.8 Å². The zero-order valence-electron chi connectivity index (χ0n) is 13.8. The van der Waals surface area contributed by atoms with Crippen LogP contribution >= 0.6 is 24.8 Å². The van der Waals surface area contributed by atoms with Gasteiger partial charge in [-0.2, -0.15) is 4.98 Å². The van der Waals surface area contributed by atoms with Crippen LogP contribution in [0.2, 0.25) is 0 Å². The van der Waals surface area contributed by atoms with Gasteiger partial charge in [-0.15, -0.1) is 24.8 Å². The maximum atomic E-state index is 12.0. The number of nitrogens with zero attached hydrogens (tertiary/aromatic N) is 3. The van der Waals surface area contributed by atoms with E-state index in [1.54, 1.807) is 31.5 Å². The highest BCUT2D eigenvalue weighted by atomic mass is 35.5. The van der Waals surface area contributed by atoms with Gasteiger partial charge in [0.15, 0.2) is 0 Å². The Balaban J connectivity index is 0.00000264. The van der Waals surface area contributed by atoms with Gasteiger partial charge in [-0.05, 0) is 18.1 Å². The molecule has 1 amide bonds. The fourth-order valence-corrected chi connectivity index (χ4v) is 1.90. The lowest BCUT2D eigenvalue weighted by Crippen LogP contribution is -2.38. The molecular formula is C15H23Cl2N5O2. The molecule has 0 aliphatic heterocycles. The van der Waals surface area contributed by atoms with Crippen LogP contribution in [0.1, 0.15) is 32.7 Å². The number of nitrogens with two attached hydrogens (primary N) is 1. The molecule has 3 N–H and O–H groups in total. The fraction of sp³-hybridized carbons (Fsp3) is 0.467. The van der Waals surface area contributed by atoms with Crippen molar-refractivity contribution < 1.29 is 9.32 Å². The smallest absolute Gasteiger partial charge is 0.249 e. The Morgan fingerprint density at radius 3 is 2.42 bits per heavy atom. The third kappa shape index (κ3) is 5.43. The summed E-state index contributed by atoms with van der Waals surface area (Å²) in [5.74, 6) is 0.594. The second-order valence-corrected chi connectivity index (χ2v) is 5.56. The van der Waals surface area contributed by atoms with Crippen LogP contribution in [0.5, 0.6) is 0 Å². The van der Waals surface area contributed by atoms with Crippen molar-refractivity contribution in [1.29, 1.82) is 0 Å². The highest BCUT2D eigenvalue weighted by molar-refractivity contribution is 5.85.